The minimum atomic E-state index is -2.58. The highest BCUT2D eigenvalue weighted by atomic mass is 32.2. The summed E-state index contributed by atoms with van der Waals surface area (Å²) in [5.74, 6) is 1.27. The summed E-state index contributed by atoms with van der Waals surface area (Å²) >= 11 is 1.54. The van der Waals surface area contributed by atoms with Crippen molar-refractivity contribution in [1.29, 1.82) is 4.78 Å². The number of aromatic amines is 1. The van der Waals surface area contributed by atoms with Crippen molar-refractivity contribution < 1.29 is 4.21 Å². The number of aryl methyl sites for hydroxylation is 2. The molecule has 2 unspecified atom stereocenters. The second-order valence-electron chi connectivity index (χ2n) is 10.7. The monoisotopic (exact) mass is 508 g/mol. The minimum Gasteiger partial charge on any atom is -0.359 e. The van der Waals surface area contributed by atoms with Crippen LogP contribution in [0.3, 0.4) is 0 Å². The van der Waals surface area contributed by atoms with Crippen molar-refractivity contribution in [3.63, 3.8) is 0 Å². The lowest BCUT2D eigenvalue weighted by Crippen LogP contribution is -2.31. The van der Waals surface area contributed by atoms with E-state index >= 15 is 0 Å². The molecule has 35 heavy (non-hydrogen) atoms. The molecule has 0 saturated carbocycles. The largest absolute Gasteiger partial charge is 0.359 e. The number of nitrogens with one attached hydrogen (secondary N) is 2. The van der Waals surface area contributed by atoms with E-state index in [9.17, 15) is 4.21 Å². The smallest absolute Gasteiger partial charge is 0.140 e. The lowest BCUT2D eigenvalue weighted by molar-refractivity contribution is 0.270. The van der Waals surface area contributed by atoms with Gasteiger partial charge in [-0.15, -0.1) is 11.3 Å². The Labute approximate surface area is 210 Å². The lowest BCUT2D eigenvalue weighted by atomic mass is 9.86. The Bertz CT molecular complexity index is 1540. The number of anilines is 1. The molecule has 5 heterocycles. The van der Waals surface area contributed by atoms with Gasteiger partial charge in [0.2, 0.25) is 0 Å². The highest BCUT2D eigenvalue weighted by Crippen LogP contribution is 2.43. The van der Waals surface area contributed by atoms with Crippen molar-refractivity contribution >= 4 is 48.0 Å². The highest BCUT2D eigenvalue weighted by Gasteiger charge is 2.44. The summed E-state index contributed by atoms with van der Waals surface area (Å²) in [4.78, 5) is 19.5. The van der Waals surface area contributed by atoms with Crippen LogP contribution in [0.5, 0.6) is 0 Å². The van der Waals surface area contributed by atoms with Crippen molar-refractivity contribution in [2.45, 2.75) is 39.0 Å². The first-order valence-electron chi connectivity index (χ1n) is 12.2. The molecule has 0 radical (unpaired) electrons. The summed E-state index contributed by atoms with van der Waals surface area (Å²) < 4.78 is 19.8. The maximum absolute atomic E-state index is 12.0. The molecule has 2 aliphatic rings. The van der Waals surface area contributed by atoms with Crippen LogP contribution in [0, 0.1) is 24.0 Å². The Kier molecular flexibility index (Phi) is 5.43. The standard InChI is InChI=1S/C26H32N6OS2/c1-17-10-21-18(2)19(4-5-23(21)30-17)12-31-8-6-26(14-31)7-9-32(15-26)24-22-11-20(13-35(3,27)33)34-25(22)29-16-28-24/h4-5,10-11,16,27,30H,6-9,12-15H2,1-3H3. The molecule has 4 aromatic rings. The zero-order valence-corrected chi connectivity index (χ0v) is 22.2. The van der Waals surface area contributed by atoms with Crippen LogP contribution in [-0.4, -0.2) is 56.5 Å². The summed E-state index contributed by atoms with van der Waals surface area (Å²) in [5.41, 5.74) is 5.56. The third kappa shape index (κ3) is 4.34. The fraction of sp³-hybridized carbons (Fsp3) is 0.462. The van der Waals surface area contributed by atoms with Gasteiger partial charge in [0.25, 0.3) is 0 Å². The zero-order valence-electron chi connectivity index (χ0n) is 20.6. The molecule has 2 fully saturated rings. The van der Waals surface area contributed by atoms with E-state index in [2.05, 4.69) is 62.9 Å². The summed E-state index contributed by atoms with van der Waals surface area (Å²) in [6, 6.07) is 8.83. The molecule has 2 aliphatic heterocycles. The second kappa shape index (κ2) is 8.28. The van der Waals surface area contributed by atoms with Gasteiger partial charge in [-0.05, 0) is 62.6 Å². The zero-order chi connectivity index (χ0) is 24.4. The number of thiophene rings is 1. The first kappa shape index (κ1) is 22.9. The molecule has 3 aromatic heterocycles. The van der Waals surface area contributed by atoms with Crippen molar-refractivity contribution in [3.8, 4) is 0 Å². The number of rotatable bonds is 5. The van der Waals surface area contributed by atoms with Gasteiger partial charge in [0.15, 0.2) is 0 Å². The SMILES string of the molecule is Cc1cc2c(C)c(CN3CCC4(CCN(c5ncnc6sc(CS(C)(=N)=O)cc56)C4)C3)ccc2[nH]1. The average Bonchev–Trinajstić information content (AvgIpc) is 3.55. The van der Waals surface area contributed by atoms with E-state index in [0.717, 1.165) is 53.6 Å². The summed E-state index contributed by atoms with van der Waals surface area (Å²) in [6.45, 7) is 9.64. The Hall–Kier alpha value is -2.49. The van der Waals surface area contributed by atoms with E-state index < -0.39 is 9.73 Å². The van der Waals surface area contributed by atoms with E-state index in [1.165, 1.54) is 58.2 Å². The van der Waals surface area contributed by atoms with Crippen LogP contribution in [0.1, 0.15) is 34.5 Å². The predicted molar refractivity (Wildman–Crippen MR) is 145 cm³/mol. The minimum absolute atomic E-state index is 0.278. The van der Waals surface area contributed by atoms with E-state index in [0.29, 0.717) is 5.41 Å². The second-order valence-corrected chi connectivity index (χ2v) is 14.1. The van der Waals surface area contributed by atoms with Crippen LogP contribution in [0.4, 0.5) is 5.82 Å². The van der Waals surface area contributed by atoms with Gasteiger partial charge in [-0.25, -0.2) is 14.2 Å². The topological polar surface area (TPSA) is 89.0 Å². The number of aromatic nitrogens is 3. The van der Waals surface area contributed by atoms with E-state index in [1.54, 1.807) is 6.33 Å². The molecule has 6 rings (SSSR count). The Morgan fingerprint density at radius 1 is 1.14 bits per heavy atom. The van der Waals surface area contributed by atoms with Gasteiger partial charge in [-0.1, -0.05) is 6.07 Å². The summed E-state index contributed by atoms with van der Waals surface area (Å²) in [7, 11) is -2.58. The third-order valence-corrected chi connectivity index (χ3v) is 9.83. The van der Waals surface area contributed by atoms with Gasteiger partial charge in [0, 0.05) is 69.1 Å². The Morgan fingerprint density at radius 2 is 1.97 bits per heavy atom. The van der Waals surface area contributed by atoms with Gasteiger partial charge >= 0.3 is 0 Å². The van der Waals surface area contributed by atoms with Crippen molar-refractivity contribution in [1.82, 2.24) is 19.9 Å². The number of likely N-dealkylation sites (tertiary alicyclic amines) is 1. The van der Waals surface area contributed by atoms with Gasteiger partial charge in [-0.2, -0.15) is 0 Å². The van der Waals surface area contributed by atoms with Gasteiger partial charge in [0.05, 0.1) is 11.1 Å². The maximum atomic E-state index is 12.0. The highest BCUT2D eigenvalue weighted by molar-refractivity contribution is 7.91. The average molecular weight is 509 g/mol. The molecule has 7 nitrogen and oxygen atoms in total. The molecule has 1 spiro atoms. The molecule has 0 aliphatic carbocycles. The van der Waals surface area contributed by atoms with Crippen LogP contribution in [0.2, 0.25) is 0 Å². The van der Waals surface area contributed by atoms with E-state index in [1.807, 2.05) is 0 Å². The molecular formula is C26H32N6OS2. The molecule has 0 amide bonds. The first-order valence-corrected chi connectivity index (χ1v) is 15.1. The fourth-order valence-electron chi connectivity index (χ4n) is 6.05. The van der Waals surface area contributed by atoms with E-state index in [4.69, 9.17) is 4.78 Å². The number of fused-ring (bicyclic) bond motifs is 2. The number of benzene rings is 1. The molecule has 1 aromatic carbocycles. The predicted octanol–water partition coefficient (Wildman–Crippen LogP) is 5.07. The molecule has 184 valence electrons. The lowest BCUT2D eigenvalue weighted by Gasteiger charge is -2.25. The number of hydrogen-bond donors (Lipinski definition) is 2. The molecule has 2 saturated heterocycles. The van der Waals surface area contributed by atoms with Crippen LogP contribution in [0.25, 0.3) is 21.1 Å². The molecule has 2 N–H and O–H groups in total. The summed E-state index contributed by atoms with van der Waals surface area (Å²) in [5, 5.41) is 2.38. The Morgan fingerprint density at radius 3 is 2.80 bits per heavy atom. The van der Waals surface area contributed by atoms with Crippen LogP contribution in [-0.2, 0) is 22.0 Å². The van der Waals surface area contributed by atoms with Crippen LogP contribution < -0.4 is 4.90 Å². The normalized spacial score (nSPS) is 22.7. The maximum Gasteiger partial charge on any atom is 0.140 e. The molecule has 0 bridgehead atoms. The molecule has 9 heteroatoms. The molecular weight excluding hydrogens is 476 g/mol. The number of nitrogens with zero attached hydrogens (tertiary/aromatic N) is 4. The van der Waals surface area contributed by atoms with Crippen molar-refractivity contribution in [2.24, 2.45) is 5.41 Å². The number of hydrogen-bond acceptors (Lipinski definition) is 7. The van der Waals surface area contributed by atoms with E-state index in [-0.39, 0.29) is 5.75 Å². The van der Waals surface area contributed by atoms with Crippen molar-refractivity contribution in [3.05, 3.63) is 52.3 Å². The fourth-order valence-corrected chi connectivity index (χ4v) is 8.37. The van der Waals surface area contributed by atoms with Crippen LogP contribution >= 0.6 is 11.3 Å². The third-order valence-electron chi connectivity index (χ3n) is 7.75. The van der Waals surface area contributed by atoms with Gasteiger partial charge in [0.1, 0.15) is 17.0 Å². The van der Waals surface area contributed by atoms with Crippen molar-refractivity contribution in [2.75, 3.05) is 37.3 Å². The quantitative estimate of drug-likeness (QED) is 0.393. The summed E-state index contributed by atoms with van der Waals surface area (Å²) in [6.07, 6.45) is 5.54. The van der Waals surface area contributed by atoms with Gasteiger partial charge < -0.3 is 9.88 Å². The number of H-pyrrole nitrogens is 1. The Balaban J connectivity index is 1.19. The molecule has 2 atom stereocenters. The van der Waals surface area contributed by atoms with Crippen LogP contribution in [0.15, 0.2) is 30.6 Å². The first-order chi connectivity index (χ1) is 16.7. The van der Waals surface area contributed by atoms with Gasteiger partial charge in [-0.3, -0.25) is 9.68 Å².